The Bertz CT molecular complexity index is 1890. The Balaban J connectivity index is 1.64. The van der Waals surface area contributed by atoms with E-state index in [1.165, 1.54) is 42.3 Å². The first kappa shape index (κ1) is 20.3. The standard InChI is InChI=1S/C30H22N2O2/c1-30(2,3)32-17-20(28(33)31-29(32)34)14-13-18-15-16-25-23-11-5-8-19-7-4-10-22(26(19)23)24-12-6-9-21(18)27(24)25/h4-12,15-17H,1-3H3,(H,31,33,34). The van der Waals surface area contributed by atoms with Crippen molar-refractivity contribution >= 4 is 43.1 Å². The molecule has 5 aromatic carbocycles. The first-order chi connectivity index (χ1) is 16.3. The first-order valence-electron chi connectivity index (χ1n) is 11.3. The van der Waals surface area contributed by atoms with E-state index in [1.54, 1.807) is 6.20 Å². The molecule has 164 valence electrons. The van der Waals surface area contributed by atoms with Crippen LogP contribution in [0.2, 0.25) is 0 Å². The Labute approximate surface area is 195 Å². The van der Waals surface area contributed by atoms with Crippen LogP contribution in [0.4, 0.5) is 0 Å². The highest BCUT2D eigenvalue weighted by molar-refractivity contribution is 6.33. The van der Waals surface area contributed by atoms with E-state index >= 15 is 0 Å². The molecule has 1 N–H and O–H groups in total. The number of nitrogens with one attached hydrogen (secondary N) is 1. The minimum Gasteiger partial charge on any atom is -0.294 e. The number of fused-ring (bicyclic) bond motifs is 2. The first-order valence-corrected chi connectivity index (χ1v) is 11.3. The fraction of sp³-hybridized carbons (Fsp3) is 0.133. The van der Waals surface area contributed by atoms with Crippen LogP contribution in [0.1, 0.15) is 31.9 Å². The molecule has 4 heteroatoms. The third-order valence-electron chi connectivity index (χ3n) is 6.52. The van der Waals surface area contributed by atoms with Crippen LogP contribution in [0.5, 0.6) is 0 Å². The van der Waals surface area contributed by atoms with Gasteiger partial charge in [-0.25, -0.2) is 4.79 Å². The van der Waals surface area contributed by atoms with Crippen LogP contribution in [0, 0.1) is 11.8 Å². The number of aromatic nitrogens is 2. The SMILES string of the molecule is CC(C)(C)n1cc(C#Cc2ccc3c4cccc5cccc(c6cccc2c63)c54)c(=O)[nH]c1=O. The van der Waals surface area contributed by atoms with Gasteiger partial charge in [0.2, 0.25) is 0 Å². The normalized spacial score (nSPS) is 12.0. The fourth-order valence-corrected chi connectivity index (χ4v) is 4.95. The Hall–Kier alpha value is -4.36. The van der Waals surface area contributed by atoms with Gasteiger partial charge in [0, 0.05) is 17.3 Å². The monoisotopic (exact) mass is 442 g/mol. The highest BCUT2D eigenvalue weighted by Gasteiger charge is 2.16. The van der Waals surface area contributed by atoms with E-state index in [9.17, 15) is 9.59 Å². The van der Waals surface area contributed by atoms with E-state index in [2.05, 4.69) is 77.5 Å². The highest BCUT2D eigenvalue weighted by Crippen LogP contribution is 2.40. The Morgan fingerprint density at radius 2 is 1.24 bits per heavy atom. The second-order valence-corrected chi connectivity index (χ2v) is 9.69. The van der Waals surface area contributed by atoms with E-state index in [0.717, 1.165) is 10.9 Å². The third-order valence-corrected chi connectivity index (χ3v) is 6.52. The summed E-state index contributed by atoms with van der Waals surface area (Å²) in [5, 5.41) is 9.58. The molecule has 4 nitrogen and oxygen atoms in total. The topological polar surface area (TPSA) is 54.9 Å². The van der Waals surface area contributed by atoms with Crippen molar-refractivity contribution in [3.05, 3.63) is 105 Å². The van der Waals surface area contributed by atoms with E-state index in [1.807, 2.05) is 26.8 Å². The zero-order valence-corrected chi connectivity index (χ0v) is 19.2. The van der Waals surface area contributed by atoms with Crippen LogP contribution in [0.25, 0.3) is 43.1 Å². The van der Waals surface area contributed by atoms with Gasteiger partial charge in [-0.15, -0.1) is 0 Å². The lowest BCUT2D eigenvalue weighted by Crippen LogP contribution is -2.39. The molecule has 1 heterocycles. The second kappa shape index (κ2) is 7.07. The molecule has 0 saturated carbocycles. The fourth-order valence-electron chi connectivity index (χ4n) is 4.95. The Kier molecular flexibility index (Phi) is 4.21. The summed E-state index contributed by atoms with van der Waals surface area (Å²) in [4.78, 5) is 27.1. The molecule has 6 rings (SSSR count). The van der Waals surface area contributed by atoms with Crippen LogP contribution in [0.15, 0.2) is 82.5 Å². The Morgan fingerprint density at radius 1 is 0.676 bits per heavy atom. The van der Waals surface area contributed by atoms with Gasteiger partial charge in [-0.1, -0.05) is 72.5 Å². The summed E-state index contributed by atoms with van der Waals surface area (Å²) in [5.74, 6) is 6.23. The molecule has 0 aliphatic heterocycles. The van der Waals surface area contributed by atoms with Gasteiger partial charge in [0.15, 0.2) is 0 Å². The summed E-state index contributed by atoms with van der Waals surface area (Å²) in [6.07, 6.45) is 1.55. The number of H-pyrrole nitrogens is 1. The molecule has 0 unspecified atom stereocenters. The molecular weight excluding hydrogens is 420 g/mol. The molecule has 0 spiro atoms. The Morgan fingerprint density at radius 3 is 1.91 bits per heavy atom. The minimum absolute atomic E-state index is 0.269. The number of nitrogens with zero attached hydrogens (tertiary/aromatic N) is 1. The summed E-state index contributed by atoms with van der Waals surface area (Å²) >= 11 is 0. The van der Waals surface area contributed by atoms with Gasteiger partial charge < -0.3 is 0 Å². The van der Waals surface area contributed by atoms with Gasteiger partial charge in [0.05, 0.1) is 0 Å². The molecule has 0 saturated heterocycles. The lowest BCUT2D eigenvalue weighted by Gasteiger charge is -2.21. The summed E-state index contributed by atoms with van der Waals surface area (Å²) in [5.41, 5.74) is -0.254. The van der Waals surface area contributed by atoms with E-state index in [0.29, 0.717) is 0 Å². The molecule has 0 aliphatic rings. The second-order valence-electron chi connectivity index (χ2n) is 9.69. The minimum atomic E-state index is -0.471. The maximum Gasteiger partial charge on any atom is 0.328 e. The maximum absolute atomic E-state index is 12.4. The molecule has 0 atom stereocenters. The van der Waals surface area contributed by atoms with Gasteiger partial charge in [-0.05, 0) is 69.9 Å². The zero-order valence-electron chi connectivity index (χ0n) is 19.2. The van der Waals surface area contributed by atoms with Crippen LogP contribution in [-0.4, -0.2) is 9.55 Å². The van der Waals surface area contributed by atoms with Crippen LogP contribution < -0.4 is 11.2 Å². The molecule has 0 radical (unpaired) electrons. The highest BCUT2D eigenvalue weighted by atomic mass is 16.2. The van der Waals surface area contributed by atoms with Crippen molar-refractivity contribution in [1.82, 2.24) is 9.55 Å². The third kappa shape index (κ3) is 2.94. The number of hydrogen-bond acceptors (Lipinski definition) is 2. The van der Waals surface area contributed by atoms with Gasteiger partial charge in [-0.2, -0.15) is 0 Å². The van der Waals surface area contributed by atoms with Crippen molar-refractivity contribution < 1.29 is 0 Å². The van der Waals surface area contributed by atoms with E-state index in [-0.39, 0.29) is 5.56 Å². The number of aromatic amines is 1. The van der Waals surface area contributed by atoms with Gasteiger partial charge in [-0.3, -0.25) is 14.3 Å². The molecule has 0 bridgehead atoms. The van der Waals surface area contributed by atoms with Gasteiger partial charge in [0.25, 0.3) is 5.56 Å². The van der Waals surface area contributed by atoms with Crippen LogP contribution >= 0.6 is 0 Å². The zero-order chi connectivity index (χ0) is 23.6. The van der Waals surface area contributed by atoms with Gasteiger partial charge in [0.1, 0.15) is 5.56 Å². The van der Waals surface area contributed by atoms with Crippen molar-refractivity contribution in [2.75, 3.05) is 0 Å². The summed E-state index contributed by atoms with van der Waals surface area (Å²) < 4.78 is 1.51. The van der Waals surface area contributed by atoms with Crippen molar-refractivity contribution in [3.8, 4) is 11.8 Å². The lowest BCUT2D eigenvalue weighted by molar-refractivity contribution is 0.376. The summed E-state index contributed by atoms with van der Waals surface area (Å²) in [7, 11) is 0. The van der Waals surface area contributed by atoms with Crippen molar-refractivity contribution in [1.29, 1.82) is 0 Å². The number of hydrogen-bond donors (Lipinski definition) is 1. The van der Waals surface area contributed by atoms with E-state index < -0.39 is 16.8 Å². The molecular formula is C30H22N2O2. The molecule has 0 fully saturated rings. The molecule has 0 aliphatic carbocycles. The molecule has 0 amide bonds. The lowest BCUT2D eigenvalue weighted by atomic mass is 9.88. The van der Waals surface area contributed by atoms with Crippen molar-refractivity contribution in [2.24, 2.45) is 0 Å². The van der Waals surface area contributed by atoms with Crippen LogP contribution in [0.3, 0.4) is 0 Å². The predicted molar refractivity (Wildman–Crippen MR) is 140 cm³/mol. The molecule has 6 aromatic rings. The van der Waals surface area contributed by atoms with Crippen molar-refractivity contribution in [3.63, 3.8) is 0 Å². The average molecular weight is 443 g/mol. The quantitative estimate of drug-likeness (QED) is 0.185. The summed E-state index contributed by atoms with van der Waals surface area (Å²) in [6, 6.07) is 23.3. The van der Waals surface area contributed by atoms with Gasteiger partial charge >= 0.3 is 5.69 Å². The predicted octanol–water partition coefficient (Wildman–Crippen LogP) is 5.74. The smallest absolute Gasteiger partial charge is 0.294 e. The summed E-state index contributed by atoms with van der Waals surface area (Å²) in [6.45, 7) is 5.73. The van der Waals surface area contributed by atoms with E-state index in [4.69, 9.17) is 0 Å². The average Bonchev–Trinajstić information content (AvgIpc) is 2.81. The van der Waals surface area contributed by atoms with Crippen LogP contribution in [-0.2, 0) is 5.54 Å². The largest absolute Gasteiger partial charge is 0.328 e. The van der Waals surface area contributed by atoms with Crippen molar-refractivity contribution in [2.45, 2.75) is 26.3 Å². The number of benzene rings is 5. The maximum atomic E-state index is 12.4. The molecule has 1 aromatic heterocycles. The molecule has 34 heavy (non-hydrogen) atoms. The number of rotatable bonds is 0.